The Balaban J connectivity index is 1.88. The summed E-state index contributed by atoms with van der Waals surface area (Å²) in [6.07, 6.45) is 1.05. The topological polar surface area (TPSA) is 52.0 Å². The van der Waals surface area contributed by atoms with E-state index in [1.807, 2.05) is 13.8 Å². The summed E-state index contributed by atoms with van der Waals surface area (Å²) in [5, 5.41) is 12.3. The van der Waals surface area contributed by atoms with Crippen molar-refractivity contribution < 1.29 is 4.74 Å². The second-order valence-electron chi connectivity index (χ2n) is 5.27. The Morgan fingerprint density at radius 1 is 1.47 bits per heavy atom. The Kier molecular flexibility index (Phi) is 3.49. The van der Waals surface area contributed by atoms with Gasteiger partial charge in [0, 0.05) is 12.6 Å². The van der Waals surface area contributed by atoms with Crippen molar-refractivity contribution in [3.8, 4) is 0 Å². The minimum absolute atomic E-state index is 0.00768. The van der Waals surface area contributed by atoms with Gasteiger partial charge in [-0.15, -0.1) is 0 Å². The predicted octanol–water partition coefficient (Wildman–Crippen LogP) is 1.26. The lowest BCUT2D eigenvalue weighted by Crippen LogP contribution is -2.30. The van der Waals surface area contributed by atoms with Gasteiger partial charge in [0.15, 0.2) is 0 Å². The Morgan fingerprint density at radius 2 is 2.24 bits per heavy atom. The van der Waals surface area contributed by atoms with Crippen molar-refractivity contribution in [2.45, 2.75) is 58.8 Å². The molecule has 1 aromatic rings. The maximum atomic E-state index is 5.69. The Hall–Kier alpha value is -0.940. The monoisotopic (exact) mass is 238 g/mol. The smallest absolute Gasteiger partial charge is 0.0994 e. The number of nitrogens with zero attached hydrogens (tertiary/aromatic N) is 3. The summed E-state index contributed by atoms with van der Waals surface area (Å²) < 4.78 is 5.69. The first-order valence-electron chi connectivity index (χ1n) is 6.28. The van der Waals surface area contributed by atoms with Gasteiger partial charge in [0.25, 0.3) is 0 Å². The number of aryl methyl sites for hydroxylation is 2. The van der Waals surface area contributed by atoms with Gasteiger partial charge in [-0.05, 0) is 34.1 Å². The molecule has 2 heterocycles. The summed E-state index contributed by atoms with van der Waals surface area (Å²) in [7, 11) is 0. The second-order valence-corrected chi connectivity index (χ2v) is 5.27. The molecule has 5 nitrogen and oxygen atoms in total. The fourth-order valence-electron chi connectivity index (χ4n) is 2.18. The van der Waals surface area contributed by atoms with Gasteiger partial charge in [-0.2, -0.15) is 15.0 Å². The normalized spacial score (nSPS) is 23.2. The number of hydrogen-bond acceptors (Lipinski definition) is 4. The zero-order chi connectivity index (χ0) is 12.5. The van der Waals surface area contributed by atoms with Crippen molar-refractivity contribution in [3.63, 3.8) is 0 Å². The van der Waals surface area contributed by atoms with E-state index in [2.05, 4.69) is 29.4 Å². The minimum atomic E-state index is 0.00768. The van der Waals surface area contributed by atoms with E-state index >= 15 is 0 Å². The molecule has 17 heavy (non-hydrogen) atoms. The Morgan fingerprint density at radius 3 is 2.76 bits per heavy atom. The molecule has 0 amide bonds. The zero-order valence-corrected chi connectivity index (χ0v) is 11.2. The molecule has 1 saturated heterocycles. The van der Waals surface area contributed by atoms with Crippen LogP contribution in [0.15, 0.2) is 0 Å². The third-order valence-electron chi connectivity index (χ3n) is 3.17. The molecule has 1 atom stereocenters. The fourth-order valence-corrected chi connectivity index (χ4v) is 2.18. The highest BCUT2D eigenvalue weighted by Gasteiger charge is 2.31. The molecular weight excluding hydrogens is 216 g/mol. The summed E-state index contributed by atoms with van der Waals surface area (Å²) >= 11 is 0. The molecule has 1 N–H and O–H groups in total. The van der Waals surface area contributed by atoms with Crippen LogP contribution in [0.25, 0.3) is 0 Å². The number of ether oxygens (including phenoxy) is 1. The molecule has 1 aromatic heterocycles. The highest BCUT2D eigenvalue weighted by Crippen LogP contribution is 2.24. The van der Waals surface area contributed by atoms with Crippen LogP contribution in [0.5, 0.6) is 0 Å². The molecule has 1 fully saturated rings. The number of aromatic nitrogens is 3. The molecular formula is C12H22N4O. The van der Waals surface area contributed by atoms with Crippen molar-refractivity contribution in [3.05, 3.63) is 11.4 Å². The van der Waals surface area contributed by atoms with Crippen LogP contribution in [0.1, 0.15) is 38.6 Å². The third-order valence-corrected chi connectivity index (χ3v) is 3.17. The van der Waals surface area contributed by atoms with Crippen LogP contribution >= 0.6 is 0 Å². The van der Waals surface area contributed by atoms with Crippen LogP contribution in [0.4, 0.5) is 0 Å². The molecule has 0 saturated carbocycles. The second kappa shape index (κ2) is 4.74. The van der Waals surface area contributed by atoms with Gasteiger partial charge in [-0.3, -0.25) is 0 Å². The summed E-state index contributed by atoms with van der Waals surface area (Å²) in [4.78, 5) is 1.74. The standard InChI is InChI=1S/C12H22N4O/c1-5-16-14-9(2)11(15-16)7-13-10-6-12(3,4)17-8-10/h10,13H,5-8H2,1-4H3/t10-/m0/s1. The maximum Gasteiger partial charge on any atom is 0.0994 e. The molecule has 0 spiro atoms. The van der Waals surface area contributed by atoms with Crippen LogP contribution in [0, 0.1) is 6.92 Å². The lowest BCUT2D eigenvalue weighted by atomic mass is 10.0. The molecule has 2 rings (SSSR count). The van der Waals surface area contributed by atoms with E-state index in [-0.39, 0.29) is 5.60 Å². The number of rotatable bonds is 4. The average Bonchev–Trinajstić information content (AvgIpc) is 2.79. The van der Waals surface area contributed by atoms with E-state index in [0.29, 0.717) is 6.04 Å². The number of nitrogens with one attached hydrogen (secondary N) is 1. The van der Waals surface area contributed by atoms with Gasteiger partial charge in [0.2, 0.25) is 0 Å². The van der Waals surface area contributed by atoms with Crippen molar-refractivity contribution in [2.75, 3.05) is 6.61 Å². The Labute approximate surface area is 103 Å². The van der Waals surface area contributed by atoms with E-state index in [0.717, 1.165) is 37.5 Å². The maximum absolute atomic E-state index is 5.69. The molecule has 0 aliphatic carbocycles. The van der Waals surface area contributed by atoms with E-state index in [1.54, 1.807) is 4.80 Å². The summed E-state index contributed by atoms with van der Waals surface area (Å²) in [6.45, 7) is 10.7. The van der Waals surface area contributed by atoms with Crippen molar-refractivity contribution >= 4 is 0 Å². The molecule has 0 radical (unpaired) electrons. The first kappa shape index (κ1) is 12.5. The van der Waals surface area contributed by atoms with Crippen molar-refractivity contribution in [2.24, 2.45) is 0 Å². The first-order chi connectivity index (χ1) is 8.00. The summed E-state index contributed by atoms with van der Waals surface area (Å²) in [6, 6.07) is 0.427. The van der Waals surface area contributed by atoms with Gasteiger partial charge in [-0.1, -0.05) is 0 Å². The lowest BCUT2D eigenvalue weighted by molar-refractivity contribution is 0.0357. The first-order valence-corrected chi connectivity index (χ1v) is 6.28. The van der Waals surface area contributed by atoms with E-state index in [1.165, 1.54) is 0 Å². The molecule has 1 aliphatic heterocycles. The Bertz CT molecular complexity index is 386. The zero-order valence-electron chi connectivity index (χ0n) is 11.2. The SMILES string of the molecule is CCn1nc(C)c(CN[C@@H]2COC(C)(C)C2)n1. The molecule has 96 valence electrons. The van der Waals surface area contributed by atoms with Gasteiger partial charge in [0.05, 0.1) is 30.1 Å². The molecule has 0 aromatic carbocycles. The molecule has 5 heteroatoms. The molecule has 0 bridgehead atoms. The lowest BCUT2D eigenvalue weighted by Gasteiger charge is -2.15. The van der Waals surface area contributed by atoms with Gasteiger partial charge < -0.3 is 10.1 Å². The van der Waals surface area contributed by atoms with Gasteiger partial charge in [0.1, 0.15) is 0 Å². The van der Waals surface area contributed by atoms with Gasteiger partial charge in [-0.25, -0.2) is 0 Å². The van der Waals surface area contributed by atoms with E-state index in [9.17, 15) is 0 Å². The quantitative estimate of drug-likeness (QED) is 0.858. The minimum Gasteiger partial charge on any atom is -0.374 e. The predicted molar refractivity (Wildman–Crippen MR) is 65.7 cm³/mol. The highest BCUT2D eigenvalue weighted by molar-refractivity contribution is 5.06. The third kappa shape index (κ3) is 3.04. The van der Waals surface area contributed by atoms with Crippen LogP contribution < -0.4 is 5.32 Å². The van der Waals surface area contributed by atoms with Crippen LogP contribution in [0.3, 0.4) is 0 Å². The summed E-state index contributed by atoms with van der Waals surface area (Å²) in [5.41, 5.74) is 2.06. The van der Waals surface area contributed by atoms with E-state index in [4.69, 9.17) is 4.74 Å². The largest absolute Gasteiger partial charge is 0.374 e. The van der Waals surface area contributed by atoms with Crippen molar-refractivity contribution in [1.29, 1.82) is 0 Å². The van der Waals surface area contributed by atoms with Gasteiger partial charge >= 0.3 is 0 Å². The highest BCUT2D eigenvalue weighted by atomic mass is 16.5. The van der Waals surface area contributed by atoms with Crippen LogP contribution in [-0.4, -0.2) is 33.2 Å². The molecule has 0 unspecified atom stereocenters. The average molecular weight is 238 g/mol. The van der Waals surface area contributed by atoms with Crippen LogP contribution in [0.2, 0.25) is 0 Å². The molecule has 1 aliphatic rings. The van der Waals surface area contributed by atoms with Crippen molar-refractivity contribution in [1.82, 2.24) is 20.3 Å². The summed E-state index contributed by atoms with van der Waals surface area (Å²) in [5.74, 6) is 0. The van der Waals surface area contributed by atoms with E-state index < -0.39 is 0 Å². The van der Waals surface area contributed by atoms with Crippen LogP contribution in [-0.2, 0) is 17.8 Å². The fraction of sp³-hybridized carbons (Fsp3) is 0.833. The number of hydrogen-bond donors (Lipinski definition) is 1.